The monoisotopic (exact) mass is 332 g/mol. The molecule has 2 aromatic rings. The highest BCUT2D eigenvalue weighted by atomic mass is 16.6. The Balaban J connectivity index is 2.23. The lowest BCUT2D eigenvalue weighted by Crippen LogP contribution is -2.17. The number of rotatable bonds is 6. The molecule has 0 atom stereocenters. The van der Waals surface area contributed by atoms with Crippen LogP contribution in [0.3, 0.4) is 0 Å². The van der Waals surface area contributed by atoms with Gasteiger partial charge in [0.25, 0.3) is 5.88 Å². The van der Waals surface area contributed by atoms with Crippen LogP contribution >= 0.6 is 0 Å². The van der Waals surface area contributed by atoms with E-state index in [2.05, 4.69) is 10.4 Å². The van der Waals surface area contributed by atoms with E-state index < -0.39 is 4.92 Å². The van der Waals surface area contributed by atoms with E-state index in [0.29, 0.717) is 23.7 Å². The molecular formula is C16H20N4O4. The predicted octanol–water partition coefficient (Wildman–Crippen LogP) is 3.51. The van der Waals surface area contributed by atoms with Gasteiger partial charge in [-0.3, -0.25) is 14.9 Å². The quantitative estimate of drug-likeness (QED) is 0.644. The van der Waals surface area contributed by atoms with Crippen LogP contribution in [-0.4, -0.2) is 20.6 Å². The molecule has 0 saturated carbocycles. The van der Waals surface area contributed by atoms with Crippen LogP contribution in [0.2, 0.25) is 0 Å². The van der Waals surface area contributed by atoms with Gasteiger partial charge in [-0.05, 0) is 38.1 Å². The average molecular weight is 332 g/mol. The number of benzene rings is 1. The number of carbonyl (C=O) groups excluding carboxylic acids is 1. The highest BCUT2D eigenvalue weighted by Gasteiger charge is 2.27. The second-order valence-electron chi connectivity index (χ2n) is 5.58. The van der Waals surface area contributed by atoms with E-state index in [1.54, 1.807) is 45.0 Å². The Labute approximate surface area is 139 Å². The van der Waals surface area contributed by atoms with E-state index >= 15 is 0 Å². The fourth-order valence-electron chi connectivity index (χ4n) is 2.08. The summed E-state index contributed by atoms with van der Waals surface area (Å²) in [5, 5.41) is 18.1. The zero-order valence-corrected chi connectivity index (χ0v) is 14.1. The van der Waals surface area contributed by atoms with Crippen LogP contribution in [0.5, 0.6) is 11.6 Å². The molecule has 0 fully saturated rings. The Morgan fingerprint density at radius 3 is 2.50 bits per heavy atom. The van der Waals surface area contributed by atoms with Crippen molar-refractivity contribution in [3.8, 4) is 11.6 Å². The molecular weight excluding hydrogens is 312 g/mol. The zero-order chi connectivity index (χ0) is 17.9. The zero-order valence-electron chi connectivity index (χ0n) is 14.1. The molecule has 0 aliphatic carbocycles. The van der Waals surface area contributed by atoms with Crippen LogP contribution in [0.1, 0.15) is 26.5 Å². The Morgan fingerprint density at radius 1 is 1.38 bits per heavy atom. The third-order valence-corrected chi connectivity index (χ3v) is 3.39. The first kappa shape index (κ1) is 17.5. The van der Waals surface area contributed by atoms with Crippen LogP contribution in [0.15, 0.2) is 24.3 Å². The first-order valence-corrected chi connectivity index (χ1v) is 7.64. The summed E-state index contributed by atoms with van der Waals surface area (Å²) < 4.78 is 7.11. The number of ether oxygens (including phenoxy) is 1. The van der Waals surface area contributed by atoms with E-state index in [-0.39, 0.29) is 23.4 Å². The number of nitrogens with zero attached hydrogens (tertiary/aromatic N) is 3. The van der Waals surface area contributed by atoms with Gasteiger partial charge < -0.3 is 10.1 Å². The fraction of sp³-hybridized carbons (Fsp3) is 0.375. The van der Waals surface area contributed by atoms with E-state index in [9.17, 15) is 14.9 Å². The maximum absolute atomic E-state index is 11.7. The summed E-state index contributed by atoms with van der Waals surface area (Å²) in [7, 11) is 0. The van der Waals surface area contributed by atoms with Gasteiger partial charge in [0.15, 0.2) is 0 Å². The Kier molecular flexibility index (Phi) is 5.18. The molecule has 2 rings (SSSR count). The van der Waals surface area contributed by atoms with Crippen molar-refractivity contribution in [3.05, 3.63) is 40.1 Å². The van der Waals surface area contributed by atoms with Gasteiger partial charge in [0.05, 0.1) is 4.92 Å². The molecule has 1 N–H and O–H groups in total. The van der Waals surface area contributed by atoms with Gasteiger partial charge in [-0.1, -0.05) is 13.8 Å². The Hall–Kier alpha value is -2.90. The molecule has 0 bridgehead atoms. The summed E-state index contributed by atoms with van der Waals surface area (Å²) >= 11 is 0. The standard InChI is InChI=1S/C16H20N4O4/c1-5-19-16(14(20(22)23)11(4)18-19)24-13-8-6-12(7-9-13)17-15(21)10(2)3/h6-10H,5H2,1-4H3,(H,17,21). The number of aromatic nitrogens is 2. The van der Waals surface area contributed by atoms with E-state index in [1.165, 1.54) is 4.68 Å². The molecule has 0 unspecified atom stereocenters. The van der Waals surface area contributed by atoms with Crippen LogP contribution in [-0.2, 0) is 11.3 Å². The Bertz CT molecular complexity index is 750. The summed E-state index contributed by atoms with van der Waals surface area (Å²) in [6.07, 6.45) is 0. The number of anilines is 1. The van der Waals surface area contributed by atoms with Crippen molar-refractivity contribution in [2.45, 2.75) is 34.2 Å². The molecule has 1 heterocycles. The molecule has 1 aromatic carbocycles. The Morgan fingerprint density at radius 2 is 2.00 bits per heavy atom. The molecule has 0 radical (unpaired) electrons. The summed E-state index contributed by atoms with van der Waals surface area (Å²) in [6, 6.07) is 6.64. The van der Waals surface area contributed by atoms with Crippen molar-refractivity contribution in [1.29, 1.82) is 0 Å². The minimum absolute atomic E-state index is 0.0843. The third kappa shape index (κ3) is 3.70. The van der Waals surface area contributed by atoms with Crippen molar-refractivity contribution in [1.82, 2.24) is 9.78 Å². The predicted molar refractivity (Wildman–Crippen MR) is 89.3 cm³/mol. The number of aryl methyl sites for hydroxylation is 2. The summed E-state index contributed by atoms with van der Waals surface area (Å²) in [5.41, 5.74) is 0.794. The van der Waals surface area contributed by atoms with E-state index in [1.807, 2.05) is 6.92 Å². The van der Waals surface area contributed by atoms with Gasteiger partial charge in [0.1, 0.15) is 11.4 Å². The maximum atomic E-state index is 11.7. The van der Waals surface area contributed by atoms with Crippen LogP contribution < -0.4 is 10.1 Å². The van der Waals surface area contributed by atoms with Crippen LogP contribution in [0.25, 0.3) is 0 Å². The number of hydrogen-bond acceptors (Lipinski definition) is 5. The van der Waals surface area contributed by atoms with Gasteiger partial charge >= 0.3 is 5.69 Å². The molecule has 128 valence electrons. The van der Waals surface area contributed by atoms with Gasteiger partial charge in [0, 0.05) is 18.2 Å². The minimum atomic E-state index is -0.499. The van der Waals surface area contributed by atoms with Crippen molar-refractivity contribution in [2.24, 2.45) is 5.92 Å². The maximum Gasteiger partial charge on any atom is 0.353 e. The first-order valence-electron chi connectivity index (χ1n) is 7.64. The van der Waals surface area contributed by atoms with E-state index in [0.717, 1.165) is 0 Å². The molecule has 0 spiro atoms. The van der Waals surface area contributed by atoms with Gasteiger partial charge in [0.2, 0.25) is 5.91 Å². The van der Waals surface area contributed by atoms with Crippen molar-refractivity contribution < 1.29 is 14.5 Å². The highest BCUT2D eigenvalue weighted by molar-refractivity contribution is 5.92. The highest BCUT2D eigenvalue weighted by Crippen LogP contribution is 2.34. The molecule has 8 heteroatoms. The molecule has 8 nitrogen and oxygen atoms in total. The average Bonchev–Trinajstić information content (AvgIpc) is 2.84. The number of amides is 1. The van der Waals surface area contributed by atoms with E-state index in [4.69, 9.17) is 4.74 Å². The number of hydrogen-bond donors (Lipinski definition) is 1. The van der Waals surface area contributed by atoms with Crippen molar-refractivity contribution in [2.75, 3.05) is 5.32 Å². The molecule has 0 aliphatic heterocycles. The summed E-state index contributed by atoms with van der Waals surface area (Å²) in [5.74, 6) is 0.318. The molecule has 1 aromatic heterocycles. The van der Waals surface area contributed by atoms with Gasteiger partial charge in [-0.2, -0.15) is 5.10 Å². The third-order valence-electron chi connectivity index (χ3n) is 3.39. The second kappa shape index (κ2) is 7.12. The van der Waals surface area contributed by atoms with Crippen LogP contribution in [0.4, 0.5) is 11.4 Å². The normalized spacial score (nSPS) is 10.7. The molecule has 0 saturated heterocycles. The fourth-order valence-corrected chi connectivity index (χ4v) is 2.08. The largest absolute Gasteiger partial charge is 0.434 e. The summed E-state index contributed by atoms with van der Waals surface area (Å²) in [4.78, 5) is 22.4. The summed E-state index contributed by atoms with van der Waals surface area (Å²) in [6.45, 7) is 7.46. The lowest BCUT2D eigenvalue weighted by molar-refractivity contribution is -0.386. The number of nitrogens with one attached hydrogen (secondary N) is 1. The minimum Gasteiger partial charge on any atom is -0.434 e. The second-order valence-corrected chi connectivity index (χ2v) is 5.58. The molecule has 24 heavy (non-hydrogen) atoms. The molecule has 0 aliphatic rings. The SMILES string of the molecule is CCn1nc(C)c([N+](=O)[O-])c1Oc1ccc(NC(=O)C(C)C)cc1. The smallest absolute Gasteiger partial charge is 0.353 e. The van der Waals surface area contributed by atoms with Crippen LogP contribution in [0, 0.1) is 23.0 Å². The van der Waals surface area contributed by atoms with Crippen molar-refractivity contribution in [3.63, 3.8) is 0 Å². The first-order chi connectivity index (χ1) is 11.3. The topological polar surface area (TPSA) is 99.3 Å². The van der Waals surface area contributed by atoms with Crippen molar-refractivity contribution >= 4 is 17.3 Å². The number of carbonyl (C=O) groups is 1. The lowest BCUT2D eigenvalue weighted by Gasteiger charge is -2.09. The van der Waals surface area contributed by atoms with Gasteiger partial charge in [-0.15, -0.1) is 0 Å². The lowest BCUT2D eigenvalue weighted by atomic mass is 10.2. The van der Waals surface area contributed by atoms with Gasteiger partial charge in [-0.25, -0.2) is 4.68 Å². The molecule has 1 amide bonds. The number of nitro groups is 1.